The normalized spacial score (nSPS) is 10.9. The van der Waals surface area contributed by atoms with Gasteiger partial charge in [0.2, 0.25) is 0 Å². The molecule has 0 atom stereocenters. The van der Waals surface area contributed by atoms with Crippen molar-refractivity contribution in [3.63, 3.8) is 0 Å². The number of hydrogen-bond donors (Lipinski definition) is 0. The number of fused-ring (bicyclic) bond motifs is 1. The third-order valence-electron chi connectivity index (χ3n) is 3.53. The van der Waals surface area contributed by atoms with Crippen molar-refractivity contribution >= 4 is 10.9 Å². The number of benzene rings is 2. The average Bonchev–Trinajstić information content (AvgIpc) is 2.97. The average molecular weight is 288 g/mol. The molecule has 0 amide bonds. The molecule has 0 saturated heterocycles. The molecule has 4 aromatic rings. The molecule has 106 valence electrons. The van der Waals surface area contributed by atoms with Crippen LogP contribution in [0.3, 0.4) is 0 Å². The van der Waals surface area contributed by atoms with Gasteiger partial charge >= 0.3 is 5.63 Å². The van der Waals surface area contributed by atoms with Crippen LogP contribution in [0.4, 0.5) is 0 Å². The van der Waals surface area contributed by atoms with Crippen molar-refractivity contribution in [2.24, 2.45) is 0 Å². The first kappa shape index (κ1) is 12.6. The van der Waals surface area contributed by atoms with Crippen LogP contribution in [-0.2, 0) is 0 Å². The van der Waals surface area contributed by atoms with Gasteiger partial charge in [-0.3, -0.25) is 0 Å². The summed E-state index contributed by atoms with van der Waals surface area (Å²) in [6.45, 7) is 0. The number of rotatable bonds is 2. The first-order chi connectivity index (χ1) is 10.8. The number of aromatic nitrogens is 2. The van der Waals surface area contributed by atoms with Crippen molar-refractivity contribution in [3.05, 3.63) is 83.3 Å². The van der Waals surface area contributed by atoms with Crippen LogP contribution in [0.15, 0.2) is 82.2 Å². The van der Waals surface area contributed by atoms with E-state index >= 15 is 0 Å². The van der Waals surface area contributed by atoms with Crippen molar-refractivity contribution in [2.75, 3.05) is 0 Å². The lowest BCUT2D eigenvalue weighted by molar-refractivity contribution is 0.324. The summed E-state index contributed by atoms with van der Waals surface area (Å²) in [5.41, 5.74) is 2.32. The zero-order chi connectivity index (χ0) is 14.9. The van der Waals surface area contributed by atoms with E-state index in [2.05, 4.69) is 4.98 Å². The summed E-state index contributed by atoms with van der Waals surface area (Å²) in [4.78, 5) is 16.7. The first-order valence-corrected chi connectivity index (χ1v) is 6.96. The van der Waals surface area contributed by atoms with Crippen LogP contribution >= 0.6 is 0 Å². The smallest absolute Gasteiger partial charge is 0.331 e. The van der Waals surface area contributed by atoms with Crippen LogP contribution in [0.5, 0.6) is 0 Å². The molecule has 0 bridgehead atoms. The van der Waals surface area contributed by atoms with E-state index < -0.39 is 5.63 Å². The predicted octanol–water partition coefficient (Wildman–Crippen LogP) is 3.65. The second kappa shape index (κ2) is 5.00. The lowest BCUT2D eigenvalue weighted by atomic mass is 10.1. The Kier molecular flexibility index (Phi) is 2.86. The fourth-order valence-electron chi connectivity index (χ4n) is 2.42. The molecule has 22 heavy (non-hydrogen) atoms. The molecule has 4 nitrogen and oxygen atoms in total. The zero-order valence-electron chi connectivity index (χ0n) is 11.6. The van der Waals surface area contributed by atoms with Crippen molar-refractivity contribution in [1.29, 1.82) is 0 Å². The molecule has 0 radical (unpaired) electrons. The minimum absolute atomic E-state index is 0.397. The van der Waals surface area contributed by atoms with Crippen LogP contribution in [0.25, 0.3) is 27.8 Å². The molecule has 2 aromatic heterocycles. The van der Waals surface area contributed by atoms with Crippen LogP contribution in [-0.4, -0.2) is 9.72 Å². The zero-order valence-corrected chi connectivity index (χ0v) is 11.6. The van der Waals surface area contributed by atoms with Gasteiger partial charge in [-0.1, -0.05) is 42.5 Å². The van der Waals surface area contributed by atoms with E-state index in [1.54, 1.807) is 6.20 Å². The third kappa shape index (κ3) is 2.11. The Hall–Kier alpha value is -3.14. The molecule has 0 saturated carbocycles. The number of pyridine rings is 1. The molecule has 0 aliphatic rings. The van der Waals surface area contributed by atoms with Crippen LogP contribution in [0.1, 0.15) is 0 Å². The lowest BCUT2D eigenvalue weighted by Crippen LogP contribution is -1.98. The largest absolute Gasteiger partial charge is 0.367 e. The molecule has 0 spiro atoms. The molecule has 0 unspecified atom stereocenters. The highest BCUT2D eigenvalue weighted by Gasteiger charge is 2.12. The monoisotopic (exact) mass is 288 g/mol. The van der Waals surface area contributed by atoms with Gasteiger partial charge in [-0.25, -0.2) is 9.78 Å². The molecule has 0 aliphatic carbocycles. The van der Waals surface area contributed by atoms with E-state index in [0.717, 1.165) is 16.6 Å². The van der Waals surface area contributed by atoms with Crippen molar-refractivity contribution in [1.82, 2.24) is 9.72 Å². The standard InChI is InChI=1S/C18H12N2O2/c21-18-15(12-20(22-18)14-7-2-1-3-8-14)17-11-10-13-6-4-5-9-16(13)19-17/h1-12H. The molecule has 2 heterocycles. The molecule has 0 fully saturated rings. The van der Waals surface area contributed by atoms with E-state index in [1.165, 1.54) is 4.74 Å². The summed E-state index contributed by atoms with van der Waals surface area (Å²) in [7, 11) is 0. The van der Waals surface area contributed by atoms with Gasteiger partial charge < -0.3 is 4.52 Å². The van der Waals surface area contributed by atoms with E-state index in [9.17, 15) is 4.79 Å². The van der Waals surface area contributed by atoms with E-state index in [4.69, 9.17) is 4.52 Å². The topological polar surface area (TPSA) is 48.0 Å². The number of para-hydroxylation sites is 2. The molecule has 4 rings (SSSR count). The SMILES string of the molecule is O=c1on(-c2ccccc2)cc1-c1ccc2ccccc2n1. The fraction of sp³-hybridized carbons (Fsp3) is 0. The van der Waals surface area contributed by atoms with Crippen LogP contribution in [0, 0.1) is 0 Å². The molecular formula is C18H12N2O2. The summed E-state index contributed by atoms with van der Waals surface area (Å²) < 4.78 is 6.76. The summed E-state index contributed by atoms with van der Waals surface area (Å²) in [6.07, 6.45) is 1.68. The number of nitrogens with zero attached hydrogens (tertiary/aromatic N) is 2. The molecule has 2 aromatic carbocycles. The Bertz CT molecular complexity index is 1000. The Labute approximate surface area is 126 Å². The molecule has 0 aliphatic heterocycles. The van der Waals surface area contributed by atoms with Crippen LogP contribution in [0.2, 0.25) is 0 Å². The summed E-state index contributed by atoms with van der Waals surface area (Å²) in [5.74, 6) is 0. The Morgan fingerprint density at radius 3 is 2.50 bits per heavy atom. The lowest BCUT2D eigenvalue weighted by Gasteiger charge is -1.99. The highest BCUT2D eigenvalue weighted by atomic mass is 16.5. The van der Waals surface area contributed by atoms with Gasteiger partial charge in [0.1, 0.15) is 5.56 Å². The van der Waals surface area contributed by atoms with Gasteiger partial charge in [-0.15, -0.1) is 0 Å². The summed E-state index contributed by atoms with van der Waals surface area (Å²) in [6, 6.07) is 21.0. The Morgan fingerprint density at radius 2 is 1.64 bits per heavy atom. The second-order valence-electron chi connectivity index (χ2n) is 4.97. The van der Waals surface area contributed by atoms with Gasteiger partial charge in [0.15, 0.2) is 0 Å². The Balaban J connectivity index is 1.85. The molecule has 4 heteroatoms. The van der Waals surface area contributed by atoms with E-state index in [1.807, 2.05) is 66.7 Å². The summed E-state index contributed by atoms with van der Waals surface area (Å²) >= 11 is 0. The Morgan fingerprint density at radius 1 is 0.864 bits per heavy atom. The van der Waals surface area contributed by atoms with Gasteiger partial charge in [0.25, 0.3) is 0 Å². The van der Waals surface area contributed by atoms with Crippen molar-refractivity contribution in [3.8, 4) is 16.9 Å². The molecule has 0 N–H and O–H groups in total. The van der Waals surface area contributed by atoms with Gasteiger partial charge in [-0.2, -0.15) is 4.74 Å². The first-order valence-electron chi connectivity index (χ1n) is 6.96. The van der Waals surface area contributed by atoms with E-state index in [0.29, 0.717) is 11.3 Å². The fourth-order valence-corrected chi connectivity index (χ4v) is 2.42. The maximum atomic E-state index is 12.1. The molecular weight excluding hydrogens is 276 g/mol. The highest BCUT2D eigenvalue weighted by molar-refractivity contribution is 5.81. The highest BCUT2D eigenvalue weighted by Crippen LogP contribution is 2.19. The predicted molar refractivity (Wildman–Crippen MR) is 85.0 cm³/mol. The maximum absolute atomic E-state index is 12.1. The van der Waals surface area contributed by atoms with Crippen molar-refractivity contribution in [2.45, 2.75) is 0 Å². The van der Waals surface area contributed by atoms with Crippen LogP contribution < -0.4 is 5.63 Å². The van der Waals surface area contributed by atoms with E-state index in [-0.39, 0.29) is 0 Å². The van der Waals surface area contributed by atoms with Crippen molar-refractivity contribution < 1.29 is 4.52 Å². The van der Waals surface area contributed by atoms with Gasteiger partial charge in [0, 0.05) is 5.39 Å². The number of hydrogen-bond acceptors (Lipinski definition) is 3. The minimum Gasteiger partial charge on any atom is -0.331 e. The second-order valence-corrected chi connectivity index (χ2v) is 4.97. The van der Waals surface area contributed by atoms with Gasteiger partial charge in [-0.05, 0) is 24.3 Å². The maximum Gasteiger partial charge on any atom is 0.367 e. The third-order valence-corrected chi connectivity index (χ3v) is 3.53. The van der Waals surface area contributed by atoms with Gasteiger partial charge in [0.05, 0.1) is 23.1 Å². The minimum atomic E-state index is -0.397. The summed E-state index contributed by atoms with van der Waals surface area (Å²) in [5, 5.41) is 1.04. The quantitative estimate of drug-likeness (QED) is 0.565.